The first-order valence-corrected chi connectivity index (χ1v) is 7.11. The number of benzene rings is 1. The van der Waals surface area contributed by atoms with Crippen molar-refractivity contribution in [3.8, 4) is 0 Å². The van der Waals surface area contributed by atoms with Gasteiger partial charge in [-0.15, -0.1) is 0 Å². The average molecular weight is 260 g/mol. The molecule has 1 aromatic rings. The van der Waals surface area contributed by atoms with Crippen LogP contribution in [0.3, 0.4) is 0 Å². The zero-order valence-electron chi connectivity index (χ0n) is 11.9. The zero-order chi connectivity index (χ0) is 13.9. The molecule has 0 bridgehead atoms. The third-order valence-electron chi connectivity index (χ3n) is 4.26. The van der Waals surface area contributed by atoms with Crippen molar-refractivity contribution in [2.24, 2.45) is 11.1 Å². The molecule has 2 rings (SSSR count). The van der Waals surface area contributed by atoms with Crippen molar-refractivity contribution in [1.29, 1.82) is 0 Å². The lowest BCUT2D eigenvalue weighted by atomic mass is 9.73. The highest BCUT2D eigenvalue weighted by atomic mass is 16.2. The standard InChI is InChI=1S/C16H24N2O/c1-16(2)11-7-6-10-13(16)18-15(19)14(17)12-8-4-3-5-9-12/h3-5,8-9,13-14H,6-7,10-11,17H2,1-2H3,(H,18,19). The summed E-state index contributed by atoms with van der Waals surface area (Å²) in [5, 5.41) is 3.14. The Morgan fingerprint density at radius 3 is 2.63 bits per heavy atom. The van der Waals surface area contributed by atoms with E-state index < -0.39 is 6.04 Å². The van der Waals surface area contributed by atoms with Crippen LogP contribution in [0.5, 0.6) is 0 Å². The van der Waals surface area contributed by atoms with Gasteiger partial charge in [0.25, 0.3) is 0 Å². The third-order valence-corrected chi connectivity index (χ3v) is 4.26. The Kier molecular flexibility index (Phi) is 4.25. The van der Waals surface area contributed by atoms with Gasteiger partial charge < -0.3 is 11.1 Å². The minimum absolute atomic E-state index is 0.0637. The number of rotatable bonds is 3. The smallest absolute Gasteiger partial charge is 0.241 e. The van der Waals surface area contributed by atoms with Crippen LogP contribution < -0.4 is 11.1 Å². The van der Waals surface area contributed by atoms with Crippen LogP contribution in [0.2, 0.25) is 0 Å². The number of nitrogens with two attached hydrogens (primary N) is 1. The molecule has 0 radical (unpaired) electrons. The predicted octanol–water partition coefficient (Wildman–Crippen LogP) is 2.77. The minimum Gasteiger partial charge on any atom is -0.351 e. The maximum atomic E-state index is 12.3. The van der Waals surface area contributed by atoms with Crippen LogP contribution >= 0.6 is 0 Å². The molecule has 0 aliphatic heterocycles. The second kappa shape index (κ2) is 5.74. The predicted molar refractivity (Wildman–Crippen MR) is 77.6 cm³/mol. The quantitative estimate of drug-likeness (QED) is 0.878. The van der Waals surface area contributed by atoms with E-state index in [4.69, 9.17) is 5.73 Å². The lowest BCUT2D eigenvalue weighted by molar-refractivity contribution is -0.124. The molecule has 2 atom stereocenters. The van der Waals surface area contributed by atoms with Crippen LogP contribution in [0.4, 0.5) is 0 Å². The molecule has 0 aromatic heterocycles. The molecular formula is C16H24N2O. The van der Waals surface area contributed by atoms with Crippen molar-refractivity contribution < 1.29 is 4.79 Å². The van der Waals surface area contributed by atoms with Crippen molar-refractivity contribution in [3.63, 3.8) is 0 Å². The molecule has 3 nitrogen and oxygen atoms in total. The zero-order valence-corrected chi connectivity index (χ0v) is 11.9. The van der Waals surface area contributed by atoms with Gasteiger partial charge in [0.05, 0.1) is 0 Å². The maximum absolute atomic E-state index is 12.3. The fourth-order valence-electron chi connectivity index (χ4n) is 2.83. The van der Waals surface area contributed by atoms with E-state index >= 15 is 0 Å². The number of carbonyl (C=O) groups is 1. The van der Waals surface area contributed by atoms with Gasteiger partial charge in [0.2, 0.25) is 5.91 Å². The normalized spacial score (nSPS) is 23.6. The summed E-state index contributed by atoms with van der Waals surface area (Å²) in [6.45, 7) is 4.45. The number of hydrogen-bond acceptors (Lipinski definition) is 2. The highest BCUT2D eigenvalue weighted by Crippen LogP contribution is 2.35. The van der Waals surface area contributed by atoms with Gasteiger partial charge in [-0.3, -0.25) is 4.79 Å². The van der Waals surface area contributed by atoms with Crippen molar-refractivity contribution in [1.82, 2.24) is 5.32 Å². The lowest BCUT2D eigenvalue weighted by Gasteiger charge is -2.39. The van der Waals surface area contributed by atoms with Crippen LogP contribution in [0.1, 0.15) is 51.1 Å². The van der Waals surface area contributed by atoms with Crippen LogP contribution in [-0.2, 0) is 4.79 Å². The molecule has 1 fully saturated rings. The Bertz CT molecular complexity index is 428. The molecule has 3 N–H and O–H groups in total. The molecule has 1 saturated carbocycles. The second-order valence-electron chi connectivity index (χ2n) is 6.18. The van der Waals surface area contributed by atoms with Gasteiger partial charge in [-0.1, -0.05) is 57.0 Å². The first-order valence-electron chi connectivity index (χ1n) is 7.11. The summed E-state index contributed by atoms with van der Waals surface area (Å²) in [6.07, 6.45) is 4.66. The van der Waals surface area contributed by atoms with Gasteiger partial charge in [0.1, 0.15) is 6.04 Å². The van der Waals surface area contributed by atoms with Crippen LogP contribution in [0, 0.1) is 5.41 Å². The Hall–Kier alpha value is -1.35. The van der Waals surface area contributed by atoms with Gasteiger partial charge >= 0.3 is 0 Å². The molecule has 1 aromatic carbocycles. The first kappa shape index (κ1) is 14.1. The number of hydrogen-bond donors (Lipinski definition) is 2. The average Bonchev–Trinajstić information content (AvgIpc) is 2.41. The van der Waals surface area contributed by atoms with Crippen LogP contribution in [0.25, 0.3) is 0 Å². The van der Waals surface area contributed by atoms with Crippen molar-refractivity contribution >= 4 is 5.91 Å². The summed E-state index contributed by atoms with van der Waals surface area (Å²) in [5.74, 6) is -0.0637. The largest absolute Gasteiger partial charge is 0.351 e. The SMILES string of the molecule is CC1(C)CCCCC1NC(=O)C(N)c1ccccc1. The Morgan fingerprint density at radius 1 is 1.32 bits per heavy atom. The van der Waals surface area contributed by atoms with Crippen LogP contribution in [-0.4, -0.2) is 11.9 Å². The second-order valence-corrected chi connectivity index (χ2v) is 6.18. The Balaban J connectivity index is 2.01. The monoisotopic (exact) mass is 260 g/mol. The van der Waals surface area contributed by atoms with E-state index in [9.17, 15) is 4.79 Å². The van der Waals surface area contributed by atoms with Gasteiger partial charge in [-0.2, -0.15) is 0 Å². The van der Waals surface area contributed by atoms with E-state index in [0.717, 1.165) is 12.0 Å². The molecule has 1 aliphatic carbocycles. The van der Waals surface area contributed by atoms with E-state index in [-0.39, 0.29) is 17.4 Å². The van der Waals surface area contributed by atoms with Crippen molar-refractivity contribution in [3.05, 3.63) is 35.9 Å². The van der Waals surface area contributed by atoms with Gasteiger partial charge in [0, 0.05) is 6.04 Å². The van der Waals surface area contributed by atoms with E-state index in [2.05, 4.69) is 19.2 Å². The van der Waals surface area contributed by atoms with E-state index in [1.54, 1.807) is 0 Å². The van der Waals surface area contributed by atoms with Gasteiger partial charge in [-0.25, -0.2) is 0 Å². The molecular weight excluding hydrogens is 236 g/mol. The Morgan fingerprint density at radius 2 is 2.00 bits per heavy atom. The molecule has 0 saturated heterocycles. The fraction of sp³-hybridized carbons (Fsp3) is 0.562. The number of amides is 1. The molecule has 3 heteroatoms. The van der Waals surface area contributed by atoms with Crippen LogP contribution in [0.15, 0.2) is 30.3 Å². The topological polar surface area (TPSA) is 55.1 Å². The summed E-state index contributed by atoms with van der Waals surface area (Å²) in [6, 6.07) is 9.22. The summed E-state index contributed by atoms with van der Waals surface area (Å²) in [4.78, 5) is 12.3. The molecule has 19 heavy (non-hydrogen) atoms. The number of carbonyl (C=O) groups excluding carboxylic acids is 1. The summed E-state index contributed by atoms with van der Waals surface area (Å²) in [7, 11) is 0. The summed E-state index contributed by atoms with van der Waals surface area (Å²) >= 11 is 0. The highest BCUT2D eigenvalue weighted by molar-refractivity contribution is 5.83. The molecule has 2 unspecified atom stereocenters. The van der Waals surface area contributed by atoms with E-state index in [1.807, 2.05) is 30.3 Å². The molecule has 1 amide bonds. The minimum atomic E-state index is -0.570. The van der Waals surface area contributed by atoms with E-state index in [1.165, 1.54) is 19.3 Å². The van der Waals surface area contributed by atoms with E-state index in [0.29, 0.717) is 0 Å². The fourth-order valence-corrected chi connectivity index (χ4v) is 2.83. The summed E-state index contributed by atoms with van der Waals surface area (Å²) < 4.78 is 0. The van der Waals surface area contributed by atoms with Crippen molar-refractivity contribution in [2.75, 3.05) is 0 Å². The number of nitrogens with one attached hydrogen (secondary N) is 1. The van der Waals surface area contributed by atoms with Gasteiger partial charge in [0.15, 0.2) is 0 Å². The maximum Gasteiger partial charge on any atom is 0.241 e. The van der Waals surface area contributed by atoms with Crippen molar-refractivity contribution in [2.45, 2.75) is 51.6 Å². The highest BCUT2D eigenvalue weighted by Gasteiger charge is 2.34. The Labute approximate surface area is 115 Å². The third kappa shape index (κ3) is 3.35. The summed E-state index contributed by atoms with van der Waals surface area (Å²) in [5.41, 5.74) is 7.07. The van der Waals surface area contributed by atoms with Gasteiger partial charge in [-0.05, 0) is 23.8 Å². The molecule has 0 heterocycles. The molecule has 1 aliphatic rings. The lowest BCUT2D eigenvalue weighted by Crippen LogP contribution is -2.49. The first-order chi connectivity index (χ1) is 9.00. The molecule has 104 valence electrons. The molecule has 0 spiro atoms.